The quantitative estimate of drug-likeness (QED) is 0.729. The average Bonchev–Trinajstić information content (AvgIpc) is 2.94. The van der Waals surface area contributed by atoms with Crippen LogP contribution in [0.5, 0.6) is 0 Å². The van der Waals surface area contributed by atoms with Crippen molar-refractivity contribution in [3.63, 3.8) is 0 Å². The smallest absolute Gasteiger partial charge is 0.335 e. The summed E-state index contributed by atoms with van der Waals surface area (Å²) in [7, 11) is 0. The third-order valence-electron chi connectivity index (χ3n) is 3.33. The largest absolute Gasteiger partial charge is 0.478 e. The molecule has 0 radical (unpaired) electrons. The summed E-state index contributed by atoms with van der Waals surface area (Å²) in [5.74, 6) is -1.99. The SMILES string of the molecule is O=C(NCCC1=CCCC1)Nc1ccc(C(=O)O)cc1F. The molecule has 21 heavy (non-hydrogen) atoms. The van der Waals surface area contributed by atoms with Gasteiger partial charge in [0.1, 0.15) is 5.82 Å². The van der Waals surface area contributed by atoms with Crippen molar-refractivity contribution in [1.82, 2.24) is 5.32 Å². The number of carboxylic acid groups (broad SMARTS) is 1. The van der Waals surface area contributed by atoms with E-state index in [1.807, 2.05) is 0 Å². The van der Waals surface area contributed by atoms with Crippen molar-refractivity contribution in [2.75, 3.05) is 11.9 Å². The number of carbonyl (C=O) groups is 2. The number of allylic oxidation sites excluding steroid dienone is 1. The molecule has 0 fully saturated rings. The first kappa shape index (κ1) is 15.0. The van der Waals surface area contributed by atoms with E-state index in [1.54, 1.807) is 0 Å². The summed E-state index contributed by atoms with van der Waals surface area (Å²) in [6.07, 6.45) is 6.33. The first-order valence-electron chi connectivity index (χ1n) is 6.82. The van der Waals surface area contributed by atoms with Gasteiger partial charge in [-0.05, 0) is 43.9 Å². The third-order valence-corrected chi connectivity index (χ3v) is 3.33. The van der Waals surface area contributed by atoms with Crippen molar-refractivity contribution in [3.8, 4) is 0 Å². The number of carboxylic acids is 1. The van der Waals surface area contributed by atoms with Crippen LogP contribution in [0.1, 0.15) is 36.0 Å². The van der Waals surface area contributed by atoms with E-state index in [0.717, 1.165) is 25.3 Å². The lowest BCUT2D eigenvalue weighted by Gasteiger charge is -2.09. The molecule has 0 heterocycles. The maximum atomic E-state index is 13.6. The number of benzene rings is 1. The fourth-order valence-electron chi connectivity index (χ4n) is 2.22. The zero-order chi connectivity index (χ0) is 15.2. The second-order valence-electron chi connectivity index (χ2n) is 4.89. The lowest BCUT2D eigenvalue weighted by molar-refractivity contribution is 0.0696. The van der Waals surface area contributed by atoms with Crippen molar-refractivity contribution in [2.45, 2.75) is 25.7 Å². The van der Waals surface area contributed by atoms with Gasteiger partial charge in [-0.3, -0.25) is 0 Å². The van der Waals surface area contributed by atoms with E-state index in [4.69, 9.17) is 5.11 Å². The molecule has 6 heteroatoms. The first-order valence-corrected chi connectivity index (χ1v) is 6.82. The van der Waals surface area contributed by atoms with Gasteiger partial charge in [0.05, 0.1) is 11.3 Å². The number of urea groups is 1. The highest BCUT2D eigenvalue weighted by Gasteiger charge is 2.11. The van der Waals surface area contributed by atoms with E-state index >= 15 is 0 Å². The summed E-state index contributed by atoms with van der Waals surface area (Å²) < 4.78 is 13.6. The molecule has 0 atom stereocenters. The predicted molar refractivity (Wildman–Crippen MR) is 76.9 cm³/mol. The Hall–Kier alpha value is -2.37. The lowest BCUT2D eigenvalue weighted by Crippen LogP contribution is -2.30. The van der Waals surface area contributed by atoms with Gasteiger partial charge in [0.2, 0.25) is 0 Å². The van der Waals surface area contributed by atoms with Gasteiger partial charge in [-0.15, -0.1) is 0 Å². The summed E-state index contributed by atoms with van der Waals surface area (Å²) in [5, 5.41) is 13.7. The Labute approximate surface area is 121 Å². The van der Waals surface area contributed by atoms with Crippen LogP contribution in [0.4, 0.5) is 14.9 Å². The molecular formula is C15H17FN2O3. The number of carbonyl (C=O) groups excluding carboxylic acids is 1. The average molecular weight is 292 g/mol. The van der Waals surface area contributed by atoms with Gasteiger partial charge in [0, 0.05) is 6.54 Å². The number of anilines is 1. The van der Waals surface area contributed by atoms with Crippen molar-refractivity contribution in [3.05, 3.63) is 41.2 Å². The molecule has 0 saturated heterocycles. The molecule has 0 aliphatic heterocycles. The van der Waals surface area contributed by atoms with Crippen molar-refractivity contribution < 1.29 is 19.1 Å². The van der Waals surface area contributed by atoms with E-state index < -0.39 is 17.8 Å². The van der Waals surface area contributed by atoms with Crippen LogP contribution in [-0.4, -0.2) is 23.7 Å². The van der Waals surface area contributed by atoms with Gasteiger partial charge in [0.25, 0.3) is 0 Å². The van der Waals surface area contributed by atoms with Crippen LogP contribution < -0.4 is 10.6 Å². The van der Waals surface area contributed by atoms with Crippen molar-refractivity contribution in [2.24, 2.45) is 0 Å². The minimum absolute atomic E-state index is 0.0439. The Balaban J connectivity index is 1.83. The summed E-state index contributed by atoms with van der Waals surface area (Å²) in [5.41, 5.74) is 1.14. The van der Waals surface area contributed by atoms with Crippen LogP contribution in [0.3, 0.4) is 0 Å². The van der Waals surface area contributed by atoms with Crippen LogP contribution >= 0.6 is 0 Å². The summed E-state index contributed by atoms with van der Waals surface area (Å²) in [6.45, 7) is 0.493. The molecular weight excluding hydrogens is 275 g/mol. The Kier molecular flexibility index (Phi) is 4.92. The monoisotopic (exact) mass is 292 g/mol. The molecule has 0 aromatic heterocycles. The van der Waals surface area contributed by atoms with Gasteiger partial charge in [-0.2, -0.15) is 0 Å². The van der Waals surface area contributed by atoms with E-state index in [2.05, 4.69) is 16.7 Å². The molecule has 1 aliphatic carbocycles. The van der Waals surface area contributed by atoms with Gasteiger partial charge >= 0.3 is 12.0 Å². The Morgan fingerprint density at radius 2 is 2.14 bits per heavy atom. The zero-order valence-electron chi connectivity index (χ0n) is 11.5. The minimum atomic E-state index is -1.21. The molecule has 3 N–H and O–H groups in total. The van der Waals surface area contributed by atoms with Gasteiger partial charge in [0.15, 0.2) is 0 Å². The number of halogens is 1. The molecule has 1 aromatic rings. The fraction of sp³-hybridized carbons (Fsp3) is 0.333. The highest BCUT2D eigenvalue weighted by Crippen LogP contribution is 2.20. The van der Waals surface area contributed by atoms with Gasteiger partial charge in [-0.1, -0.05) is 11.6 Å². The van der Waals surface area contributed by atoms with E-state index in [-0.39, 0.29) is 11.3 Å². The molecule has 112 valence electrons. The molecule has 2 amide bonds. The van der Waals surface area contributed by atoms with Crippen LogP contribution in [-0.2, 0) is 0 Å². The minimum Gasteiger partial charge on any atom is -0.478 e. The summed E-state index contributed by atoms with van der Waals surface area (Å²) >= 11 is 0. The Bertz CT molecular complexity index is 584. The topological polar surface area (TPSA) is 78.4 Å². The zero-order valence-corrected chi connectivity index (χ0v) is 11.5. The van der Waals surface area contributed by atoms with Crippen molar-refractivity contribution >= 4 is 17.7 Å². The summed E-state index contributed by atoms with van der Waals surface area (Å²) in [6, 6.07) is 2.85. The molecule has 0 spiro atoms. The molecule has 5 nitrogen and oxygen atoms in total. The van der Waals surface area contributed by atoms with Gasteiger partial charge < -0.3 is 15.7 Å². The Morgan fingerprint density at radius 3 is 2.76 bits per heavy atom. The molecule has 0 bridgehead atoms. The fourth-order valence-corrected chi connectivity index (χ4v) is 2.22. The third kappa shape index (κ3) is 4.30. The highest BCUT2D eigenvalue weighted by atomic mass is 19.1. The van der Waals surface area contributed by atoms with Crippen LogP contribution in [0.25, 0.3) is 0 Å². The first-order chi connectivity index (χ1) is 10.1. The van der Waals surface area contributed by atoms with Crippen LogP contribution in [0.15, 0.2) is 29.8 Å². The van der Waals surface area contributed by atoms with Crippen LogP contribution in [0, 0.1) is 5.82 Å². The standard InChI is InChI=1S/C15H17FN2O3/c16-12-9-11(14(19)20)5-6-13(12)18-15(21)17-8-7-10-3-1-2-4-10/h3,5-6,9H,1-2,4,7-8H2,(H,19,20)(H2,17,18,21). The molecule has 1 aliphatic rings. The van der Waals surface area contributed by atoms with Gasteiger partial charge in [-0.25, -0.2) is 14.0 Å². The summed E-state index contributed by atoms with van der Waals surface area (Å²) in [4.78, 5) is 22.3. The van der Waals surface area contributed by atoms with Crippen molar-refractivity contribution in [1.29, 1.82) is 0 Å². The van der Waals surface area contributed by atoms with E-state index in [9.17, 15) is 14.0 Å². The van der Waals surface area contributed by atoms with E-state index in [1.165, 1.54) is 24.1 Å². The second-order valence-corrected chi connectivity index (χ2v) is 4.89. The number of nitrogens with one attached hydrogen (secondary N) is 2. The number of hydrogen-bond donors (Lipinski definition) is 3. The van der Waals surface area contributed by atoms with Crippen LogP contribution in [0.2, 0.25) is 0 Å². The number of hydrogen-bond acceptors (Lipinski definition) is 2. The van der Waals surface area contributed by atoms with E-state index in [0.29, 0.717) is 6.54 Å². The number of amides is 2. The highest BCUT2D eigenvalue weighted by molar-refractivity contribution is 5.91. The maximum absolute atomic E-state index is 13.6. The second kappa shape index (κ2) is 6.88. The predicted octanol–water partition coefficient (Wildman–Crippen LogP) is 3.15. The number of aromatic carboxylic acids is 1. The normalized spacial score (nSPS) is 13.7. The number of rotatable bonds is 5. The molecule has 1 aromatic carbocycles. The molecule has 2 rings (SSSR count). The molecule has 0 unspecified atom stereocenters. The maximum Gasteiger partial charge on any atom is 0.335 e. The lowest BCUT2D eigenvalue weighted by atomic mass is 10.2. The molecule has 0 saturated carbocycles. The Morgan fingerprint density at radius 1 is 1.33 bits per heavy atom.